The molecule has 0 radical (unpaired) electrons. The fraction of sp³-hybridized carbons (Fsp3) is 0.667. The monoisotopic (exact) mass is 237 g/mol. The minimum absolute atomic E-state index is 0.147. The molecule has 1 fully saturated rings. The van der Waals surface area contributed by atoms with Crippen LogP contribution in [0.15, 0.2) is 12.4 Å². The van der Waals surface area contributed by atoms with Gasteiger partial charge in [0, 0.05) is 18.8 Å². The van der Waals surface area contributed by atoms with Gasteiger partial charge in [0.15, 0.2) is 0 Å². The van der Waals surface area contributed by atoms with Gasteiger partial charge in [0.2, 0.25) is 0 Å². The van der Waals surface area contributed by atoms with E-state index in [2.05, 4.69) is 17.3 Å². The summed E-state index contributed by atoms with van der Waals surface area (Å²) >= 11 is 0. The minimum atomic E-state index is -0.651. The van der Waals surface area contributed by atoms with Crippen molar-refractivity contribution in [2.75, 3.05) is 5.32 Å². The highest BCUT2D eigenvalue weighted by atomic mass is 16.4. The van der Waals surface area contributed by atoms with E-state index < -0.39 is 5.97 Å². The van der Waals surface area contributed by atoms with Gasteiger partial charge >= 0.3 is 5.97 Å². The second-order valence-corrected chi connectivity index (χ2v) is 4.62. The molecule has 2 rings (SSSR count). The number of nitrogens with one attached hydrogen (secondary N) is 1. The normalized spacial score (nSPS) is 24.5. The van der Waals surface area contributed by atoms with Crippen molar-refractivity contribution in [2.24, 2.45) is 5.92 Å². The Bertz CT molecular complexity index is 381. The molecule has 2 N–H and O–H groups in total. The molecular weight excluding hydrogens is 218 g/mol. The predicted octanol–water partition coefficient (Wildman–Crippen LogP) is 1.96. The highest BCUT2D eigenvalue weighted by Crippen LogP contribution is 2.26. The van der Waals surface area contributed by atoms with Gasteiger partial charge in [-0.05, 0) is 32.6 Å². The van der Waals surface area contributed by atoms with Crippen molar-refractivity contribution >= 4 is 11.7 Å². The largest absolute Gasteiger partial charge is 0.481 e. The van der Waals surface area contributed by atoms with Crippen LogP contribution in [0.4, 0.5) is 5.69 Å². The average Bonchev–Trinajstić information content (AvgIpc) is 2.77. The lowest BCUT2D eigenvalue weighted by Crippen LogP contribution is -2.29. The molecule has 1 saturated carbocycles. The van der Waals surface area contributed by atoms with Crippen LogP contribution in [0.2, 0.25) is 0 Å². The number of aromatic nitrogens is 2. The Hall–Kier alpha value is -1.52. The summed E-state index contributed by atoms with van der Waals surface area (Å²) in [5, 5.41) is 16.5. The van der Waals surface area contributed by atoms with E-state index in [1.165, 1.54) is 0 Å². The van der Waals surface area contributed by atoms with Gasteiger partial charge in [-0.15, -0.1) is 0 Å². The molecular formula is C12H19N3O2. The number of aliphatic carboxylic acids is 1. The first-order valence-electron chi connectivity index (χ1n) is 6.21. The molecule has 0 amide bonds. The standard InChI is InChI=1S/C12H19N3O2/c1-2-15-8-11(7-13-15)14-10-5-3-9(4-6-10)12(16)17/h7-10,14H,2-6H2,1H3,(H,16,17). The summed E-state index contributed by atoms with van der Waals surface area (Å²) in [5.41, 5.74) is 1.03. The number of carbonyl (C=O) groups is 1. The number of rotatable bonds is 4. The van der Waals surface area contributed by atoms with Crippen LogP contribution < -0.4 is 5.32 Å². The van der Waals surface area contributed by atoms with Gasteiger partial charge in [-0.1, -0.05) is 0 Å². The first-order valence-corrected chi connectivity index (χ1v) is 6.21. The number of carboxylic acid groups (broad SMARTS) is 1. The quantitative estimate of drug-likeness (QED) is 0.840. The van der Waals surface area contributed by atoms with Crippen molar-refractivity contribution in [1.82, 2.24) is 9.78 Å². The third-order valence-electron chi connectivity index (χ3n) is 3.40. The molecule has 94 valence electrons. The van der Waals surface area contributed by atoms with Crippen molar-refractivity contribution in [3.8, 4) is 0 Å². The molecule has 5 nitrogen and oxygen atoms in total. The highest BCUT2D eigenvalue weighted by Gasteiger charge is 2.25. The molecule has 0 unspecified atom stereocenters. The minimum Gasteiger partial charge on any atom is -0.481 e. The molecule has 0 bridgehead atoms. The zero-order valence-corrected chi connectivity index (χ0v) is 10.1. The smallest absolute Gasteiger partial charge is 0.306 e. The first-order chi connectivity index (χ1) is 8.19. The third kappa shape index (κ3) is 2.99. The molecule has 0 atom stereocenters. The SMILES string of the molecule is CCn1cc(NC2CCC(C(=O)O)CC2)cn1. The summed E-state index contributed by atoms with van der Waals surface area (Å²) in [4.78, 5) is 10.8. The molecule has 0 saturated heterocycles. The second kappa shape index (κ2) is 5.21. The molecule has 0 spiro atoms. The van der Waals surface area contributed by atoms with Crippen LogP contribution in [0.3, 0.4) is 0 Å². The van der Waals surface area contributed by atoms with Crippen LogP contribution in [0.5, 0.6) is 0 Å². The fourth-order valence-electron chi connectivity index (χ4n) is 2.33. The topological polar surface area (TPSA) is 67.2 Å². The van der Waals surface area contributed by atoms with Crippen molar-refractivity contribution in [1.29, 1.82) is 0 Å². The van der Waals surface area contributed by atoms with Gasteiger partial charge in [-0.3, -0.25) is 9.48 Å². The van der Waals surface area contributed by atoms with Crippen LogP contribution in [0, 0.1) is 5.92 Å². The summed E-state index contributed by atoms with van der Waals surface area (Å²) in [5.74, 6) is -0.798. The molecule has 0 aromatic carbocycles. The van der Waals surface area contributed by atoms with Gasteiger partial charge < -0.3 is 10.4 Å². The van der Waals surface area contributed by atoms with E-state index in [-0.39, 0.29) is 5.92 Å². The maximum Gasteiger partial charge on any atom is 0.306 e. The van der Waals surface area contributed by atoms with Gasteiger partial charge in [-0.2, -0.15) is 5.10 Å². The number of carboxylic acids is 1. The number of aryl methyl sites for hydroxylation is 1. The number of hydrogen-bond donors (Lipinski definition) is 2. The van der Waals surface area contributed by atoms with Gasteiger partial charge in [-0.25, -0.2) is 0 Å². The summed E-state index contributed by atoms with van der Waals surface area (Å²) in [6.07, 6.45) is 7.21. The molecule has 1 aromatic heterocycles. The Morgan fingerprint density at radius 3 is 2.76 bits per heavy atom. The molecule has 1 aliphatic carbocycles. The van der Waals surface area contributed by atoms with Crippen LogP contribution >= 0.6 is 0 Å². The highest BCUT2D eigenvalue weighted by molar-refractivity contribution is 5.70. The van der Waals surface area contributed by atoms with E-state index >= 15 is 0 Å². The Kier molecular flexibility index (Phi) is 3.66. The lowest BCUT2D eigenvalue weighted by atomic mass is 9.86. The van der Waals surface area contributed by atoms with E-state index in [1.54, 1.807) is 0 Å². The van der Waals surface area contributed by atoms with E-state index in [4.69, 9.17) is 5.11 Å². The van der Waals surface area contributed by atoms with Crippen molar-refractivity contribution in [2.45, 2.75) is 45.2 Å². The number of nitrogens with zero attached hydrogens (tertiary/aromatic N) is 2. The molecule has 1 aliphatic rings. The van der Waals surface area contributed by atoms with Gasteiger partial charge in [0.1, 0.15) is 0 Å². The molecule has 0 aliphatic heterocycles. The second-order valence-electron chi connectivity index (χ2n) is 4.62. The lowest BCUT2D eigenvalue weighted by Gasteiger charge is -2.26. The fourth-order valence-corrected chi connectivity index (χ4v) is 2.33. The van der Waals surface area contributed by atoms with Gasteiger partial charge in [0.05, 0.1) is 17.8 Å². The van der Waals surface area contributed by atoms with Crippen LogP contribution in [0.25, 0.3) is 0 Å². The van der Waals surface area contributed by atoms with Crippen LogP contribution in [-0.2, 0) is 11.3 Å². The third-order valence-corrected chi connectivity index (χ3v) is 3.40. The van der Waals surface area contributed by atoms with Crippen molar-refractivity contribution < 1.29 is 9.90 Å². The molecule has 1 aromatic rings. The Labute approximate surface area is 101 Å². The molecule has 1 heterocycles. The molecule has 5 heteroatoms. The van der Waals surface area contributed by atoms with E-state index in [0.717, 1.165) is 37.9 Å². The van der Waals surface area contributed by atoms with E-state index in [9.17, 15) is 4.79 Å². The summed E-state index contributed by atoms with van der Waals surface area (Å²) in [7, 11) is 0. The van der Waals surface area contributed by atoms with Crippen LogP contribution in [0.1, 0.15) is 32.6 Å². The number of anilines is 1. The zero-order valence-electron chi connectivity index (χ0n) is 10.1. The Morgan fingerprint density at radius 2 is 2.24 bits per heavy atom. The lowest BCUT2D eigenvalue weighted by molar-refractivity contribution is -0.142. The zero-order chi connectivity index (χ0) is 12.3. The Morgan fingerprint density at radius 1 is 1.53 bits per heavy atom. The van der Waals surface area contributed by atoms with Crippen LogP contribution in [-0.4, -0.2) is 26.9 Å². The summed E-state index contributed by atoms with van der Waals surface area (Å²) < 4.78 is 1.88. The van der Waals surface area contributed by atoms with E-state index in [0.29, 0.717) is 6.04 Å². The first kappa shape index (κ1) is 12.0. The maximum absolute atomic E-state index is 10.8. The Balaban J connectivity index is 1.83. The van der Waals surface area contributed by atoms with Crippen molar-refractivity contribution in [3.05, 3.63) is 12.4 Å². The number of hydrogen-bond acceptors (Lipinski definition) is 3. The van der Waals surface area contributed by atoms with Crippen molar-refractivity contribution in [3.63, 3.8) is 0 Å². The van der Waals surface area contributed by atoms with E-state index in [1.807, 2.05) is 17.1 Å². The maximum atomic E-state index is 10.8. The summed E-state index contributed by atoms with van der Waals surface area (Å²) in [6.45, 7) is 2.92. The average molecular weight is 237 g/mol. The predicted molar refractivity (Wildman–Crippen MR) is 64.9 cm³/mol. The molecule has 17 heavy (non-hydrogen) atoms. The van der Waals surface area contributed by atoms with Gasteiger partial charge in [0.25, 0.3) is 0 Å². The summed E-state index contributed by atoms with van der Waals surface area (Å²) in [6, 6.07) is 0.389.